The molecule has 0 aliphatic carbocycles. The van der Waals surface area contributed by atoms with Crippen LogP contribution in [0.25, 0.3) is 0 Å². The Morgan fingerprint density at radius 1 is 0.405 bits per heavy atom. The molecule has 0 aliphatic heterocycles. The Bertz CT molecular complexity index is 2000. The zero-order valence-electron chi connectivity index (χ0n) is 21.8. The summed E-state index contributed by atoms with van der Waals surface area (Å²) in [4.78, 5) is -0.451. The van der Waals surface area contributed by atoms with Crippen molar-refractivity contribution >= 4 is 40.2 Å². The van der Waals surface area contributed by atoms with E-state index in [9.17, 15) is 33.7 Å². The zero-order chi connectivity index (χ0) is 30.8. The van der Waals surface area contributed by atoms with Gasteiger partial charge in [0.05, 0.1) is 32.9 Å². The standard InChI is InChI=1S/C26H22O12S4/c1-35-19-3-11-23(12-4-19)40(29,30)25-15-7-21(8-16-25)37-42(33,34)38-22-9-17-26(18-10-22)41(31,32)24-13-5-20(6-14-24)36-39(2,27)28/h3-18H,1-2H3. The fourth-order valence-electron chi connectivity index (χ4n) is 3.48. The van der Waals surface area contributed by atoms with E-state index >= 15 is 0 Å². The van der Waals surface area contributed by atoms with Gasteiger partial charge < -0.3 is 17.3 Å². The number of benzene rings is 4. The molecule has 0 bridgehead atoms. The fraction of sp³-hybridized carbons (Fsp3) is 0.0769. The summed E-state index contributed by atoms with van der Waals surface area (Å²) >= 11 is 0. The number of hydrogen-bond acceptors (Lipinski definition) is 12. The number of sulfone groups is 2. The van der Waals surface area contributed by atoms with Crippen molar-refractivity contribution in [2.45, 2.75) is 19.6 Å². The highest BCUT2D eigenvalue weighted by Crippen LogP contribution is 2.28. The number of methoxy groups -OCH3 is 1. The molecule has 0 unspecified atom stereocenters. The molecule has 0 amide bonds. The lowest BCUT2D eigenvalue weighted by atomic mass is 10.3. The van der Waals surface area contributed by atoms with Crippen molar-refractivity contribution in [3.05, 3.63) is 97.1 Å². The first kappa shape index (κ1) is 30.8. The molecule has 0 N–H and O–H groups in total. The molecule has 0 saturated carbocycles. The van der Waals surface area contributed by atoms with Crippen LogP contribution >= 0.6 is 0 Å². The summed E-state index contributed by atoms with van der Waals surface area (Å²) < 4.78 is 118. The molecule has 0 radical (unpaired) electrons. The van der Waals surface area contributed by atoms with Crippen LogP contribution < -0.4 is 17.3 Å². The highest BCUT2D eigenvalue weighted by Gasteiger charge is 2.22. The van der Waals surface area contributed by atoms with E-state index in [-0.39, 0.29) is 36.8 Å². The van der Waals surface area contributed by atoms with Crippen molar-refractivity contribution < 1.29 is 51.0 Å². The zero-order valence-corrected chi connectivity index (χ0v) is 25.0. The molecule has 12 nitrogen and oxygen atoms in total. The average Bonchev–Trinajstić information content (AvgIpc) is 2.92. The molecule has 42 heavy (non-hydrogen) atoms. The van der Waals surface area contributed by atoms with E-state index in [1.54, 1.807) is 0 Å². The van der Waals surface area contributed by atoms with Crippen LogP contribution in [0.15, 0.2) is 117 Å². The molecule has 0 atom stereocenters. The van der Waals surface area contributed by atoms with Crippen LogP contribution in [0.3, 0.4) is 0 Å². The molecule has 0 heterocycles. The van der Waals surface area contributed by atoms with E-state index in [1.165, 1.54) is 55.6 Å². The number of hydrogen-bond donors (Lipinski definition) is 0. The normalized spacial score (nSPS) is 12.3. The van der Waals surface area contributed by atoms with Crippen LogP contribution in [-0.2, 0) is 40.2 Å². The second-order valence-corrected chi connectivity index (χ2v) is 15.1. The van der Waals surface area contributed by atoms with Gasteiger partial charge in [0.2, 0.25) is 19.7 Å². The van der Waals surface area contributed by atoms with Crippen LogP contribution in [0.1, 0.15) is 0 Å². The minimum absolute atomic E-state index is 0.0105. The van der Waals surface area contributed by atoms with Crippen LogP contribution in [0.2, 0.25) is 0 Å². The summed E-state index contributed by atoms with van der Waals surface area (Å²) in [6.45, 7) is 0. The summed E-state index contributed by atoms with van der Waals surface area (Å²) in [5.74, 6) is -0.0809. The van der Waals surface area contributed by atoms with Gasteiger partial charge in [-0.25, -0.2) is 16.8 Å². The molecule has 0 aliphatic rings. The first-order chi connectivity index (χ1) is 19.6. The summed E-state index contributed by atoms with van der Waals surface area (Å²) in [5, 5.41) is 0. The Morgan fingerprint density at radius 3 is 0.929 bits per heavy atom. The maximum Gasteiger partial charge on any atom is 0.500 e. The Balaban J connectivity index is 1.43. The summed E-state index contributed by atoms with van der Waals surface area (Å²) in [6.07, 6.45) is 0.847. The lowest BCUT2D eigenvalue weighted by molar-refractivity contribution is 0.392. The molecular weight excluding hydrogens is 633 g/mol. The van der Waals surface area contributed by atoms with E-state index in [0.717, 1.165) is 54.8 Å². The maximum atomic E-state index is 12.9. The first-order valence-electron chi connectivity index (χ1n) is 11.6. The van der Waals surface area contributed by atoms with Gasteiger partial charge in [-0.1, -0.05) is 0 Å². The van der Waals surface area contributed by atoms with E-state index < -0.39 is 40.2 Å². The summed E-state index contributed by atoms with van der Waals surface area (Å²) in [5.41, 5.74) is 0. The second kappa shape index (κ2) is 11.6. The topological polar surface area (TPSA) is 173 Å². The minimum Gasteiger partial charge on any atom is -0.497 e. The fourth-order valence-corrected chi connectivity index (χ4v) is 7.19. The Labute approximate surface area is 243 Å². The van der Waals surface area contributed by atoms with E-state index in [0.29, 0.717) is 5.75 Å². The lowest BCUT2D eigenvalue weighted by Crippen LogP contribution is -2.16. The molecular formula is C26H22O12S4. The van der Waals surface area contributed by atoms with Crippen LogP contribution in [-0.4, -0.2) is 47.0 Å². The number of ether oxygens (including phenoxy) is 1. The quantitative estimate of drug-likeness (QED) is 0.216. The molecule has 4 aromatic carbocycles. The summed E-state index contributed by atoms with van der Waals surface area (Å²) in [6, 6.07) is 19.4. The monoisotopic (exact) mass is 654 g/mol. The van der Waals surface area contributed by atoms with E-state index in [4.69, 9.17) is 13.1 Å². The average molecular weight is 655 g/mol. The molecule has 0 saturated heterocycles. The largest absolute Gasteiger partial charge is 0.500 e. The number of rotatable bonds is 11. The van der Waals surface area contributed by atoms with Gasteiger partial charge in [0.1, 0.15) is 23.0 Å². The molecule has 0 spiro atoms. The van der Waals surface area contributed by atoms with Crippen LogP contribution in [0.5, 0.6) is 23.0 Å². The molecule has 16 heteroatoms. The van der Waals surface area contributed by atoms with E-state index in [1.807, 2.05) is 0 Å². The highest BCUT2D eigenvalue weighted by molar-refractivity contribution is 7.91. The Morgan fingerprint density at radius 2 is 0.667 bits per heavy atom. The van der Waals surface area contributed by atoms with Gasteiger partial charge in [-0.2, -0.15) is 8.42 Å². The first-order valence-corrected chi connectivity index (χ1v) is 17.7. The molecule has 4 aromatic rings. The minimum atomic E-state index is -4.69. The predicted octanol–water partition coefficient (Wildman–Crippen LogP) is 3.40. The van der Waals surface area contributed by atoms with Gasteiger partial charge in [0.15, 0.2) is 0 Å². The highest BCUT2D eigenvalue weighted by atomic mass is 32.3. The molecule has 222 valence electrons. The third kappa shape index (κ3) is 7.39. The van der Waals surface area contributed by atoms with Crippen molar-refractivity contribution in [1.29, 1.82) is 0 Å². The Hall–Kier alpha value is -4.12. The van der Waals surface area contributed by atoms with Crippen molar-refractivity contribution in [3.63, 3.8) is 0 Å². The van der Waals surface area contributed by atoms with Gasteiger partial charge >= 0.3 is 20.5 Å². The predicted molar refractivity (Wildman–Crippen MR) is 149 cm³/mol. The smallest absolute Gasteiger partial charge is 0.497 e. The second-order valence-electron chi connectivity index (χ2n) is 8.46. The summed E-state index contributed by atoms with van der Waals surface area (Å²) in [7, 11) is -15.0. The van der Waals surface area contributed by atoms with Crippen molar-refractivity contribution in [1.82, 2.24) is 0 Å². The molecule has 0 aromatic heterocycles. The van der Waals surface area contributed by atoms with Crippen molar-refractivity contribution in [2.24, 2.45) is 0 Å². The van der Waals surface area contributed by atoms with Gasteiger partial charge in [-0.15, -0.1) is 8.42 Å². The van der Waals surface area contributed by atoms with Crippen LogP contribution in [0, 0.1) is 0 Å². The molecule has 4 rings (SSSR count). The van der Waals surface area contributed by atoms with Crippen molar-refractivity contribution in [2.75, 3.05) is 13.4 Å². The van der Waals surface area contributed by atoms with Gasteiger partial charge in [-0.3, -0.25) is 0 Å². The third-order valence-electron chi connectivity index (χ3n) is 5.42. The maximum absolute atomic E-state index is 12.9. The SMILES string of the molecule is COc1ccc(S(=O)(=O)c2ccc(OS(=O)(=O)Oc3ccc(S(=O)(=O)c4ccc(OS(C)(=O)=O)cc4)cc3)cc2)cc1. The van der Waals surface area contributed by atoms with Gasteiger partial charge in [0, 0.05) is 0 Å². The lowest BCUT2D eigenvalue weighted by Gasteiger charge is -2.10. The van der Waals surface area contributed by atoms with E-state index in [2.05, 4.69) is 4.18 Å². The Kier molecular flexibility index (Phi) is 8.54. The third-order valence-corrected chi connectivity index (χ3v) is 10.3. The van der Waals surface area contributed by atoms with Gasteiger partial charge in [-0.05, 0) is 97.1 Å². The van der Waals surface area contributed by atoms with Gasteiger partial charge in [0.25, 0.3) is 0 Å². The van der Waals surface area contributed by atoms with Crippen LogP contribution in [0.4, 0.5) is 0 Å². The molecule has 0 fully saturated rings. The van der Waals surface area contributed by atoms with Crippen molar-refractivity contribution in [3.8, 4) is 23.0 Å².